The van der Waals surface area contributed by atoms with Gasteiger partial charge in [-0.3, -0.25) is 9.59 Å². The quantitative estimate of drug-likeness (QED) is 0.684. The van der Waals surface area contributed by atoms with Gasteiger partial charge < -0.3 is 19.1 Å². The van der Waals surface area contributed by atoms with E-state index in [9.17, 15) is 9.59 Å². The van der Waals surface area contributed by atoms with Crippen molar-refractivity contribution in [3.05, 3.63) is 30.5 Å². The van der Waals surface area contributed by atoms with E-state index in [4.69, 9.17) is 4.74 Å². The molecule has 2 aliphatic heterocycles. The van der Waals surface area contributed by atoms with Gasteiger partial charge in [0.2, 0.25) is 11.8 Å². The summed E-state index contributed by atoms with van der Waals surface area (Å²) in [4.78, 5) is 30.5. The Hall–Kier alpha value is -1.99. The Morgan fingerprint density at radius 2 is 1.70 bits per heavy atom. The van der Waals surface area contributed by atoms with Crippen LogP contribution in [0.3, 0.4) is 0 Å². The van der Waals surface area contributed by atoms with Crippen LogP contribution in [-0.2, 0) is 20.9 Å². The number of hydrogen-bond donors (Lipinski definition) is 0. The van der Waals surface area contributed by atoms with Gasteiger partial charge in [-0.15, -0.1) is 11.8 Å². The van der Waals surface area contributed by atoms with E-state index < -0.39 is 0 Å². The molecule has 162 valence electrons. The normalized spacial score (nSPS) is 22.5. The van der Waals surface area contributed by atoms with Gasteiger partial charge in [-0.25, -0.2) is 0 Å². The number of aromatic nitrogens is 1. The zero-order chi connectivity index (χ0) is 21.1. The molecule has 0 unspecified atom stereocenters. The zero-order valence-corrected chi connectivity index (χ0v) is 18.7. The van der Waals surface area contributed by atoms with Crippen LogP contribution in [0.4, 0.5) is 0 Å². The van der Waals surface area contributed by atoms with E-state index in [-0.39, 0.29) is 24.0 Å². The number of ether oxygens (including phenoxy) is 1. The molecule has 0 N–H and O–H groups in total. The summed E-state index contributed by atoms with van der Waals surface area (Å²) >= 11 is 1.58. The first kappa shape index (κ1) is 21.2. The number of likely N-dealkylation sites (tertiary alicyclic amines) is 1. The van der Waals surface area contributed by atoms with Crippen molar-refractivity contribution in [3.8, 4) is 0 Å². The molecular formula is C23H31N3O3S. The SMILES string of the molecule is C[C@@H]1CN(C(=O)Cn2cc(SCC(=O)N3CCCCC3)c3ccccc32)C[C@@H](C)O1. The van der Waals surface area contributed by atoms with E-state index in [0.29, 0.717) is 25.4 Å². The Morgan fingerprint density at radius 3 is 2.43 bits per heavy atom. The van der Waals surface area contributed by atoms with Gasteiger partial charge in [0.15, 0.2) is 0 Å². The van der Waals surface area contributed by atoms with E-state index in [2.05, 4.69) is 6.07 Å². The van der Waals surface area contributed by atoms with E-state index in [1.165, 1.54) is 6.42 Å². The molecular weight excluding hydrogens is 398 g/mol. The lowest BCUT2D eigenvalue weighted by atomic mass is 10.1. The summed E-state index contributed by atoms with van der Waals surface area (Å²) in [6, 6.07) is 8.12. The minimum absolute atomic E-state index is 0.0611. The van der Waals surface area contributed by atoms with E-state index in [1.807, 2.05) is 52.6 Å². The van der Waals surface area contributed by atoms with Gasteiger partial charge in [0.25, 0.3) is 0 Å². The molecule has 2 atom stereocenters. The summed E-state index contributed by atoms with van der Waals surface area (Å²) < 4.78 is 7.78. The number of morpholine rings is 1. The Balaban J connectivity index is 1.46. The van der Waals surface area contributed by atoms with Crippen molar-refractivity contribution < 1.29 is 14.3 Å². The maximum Gasteiger partial charge on any atom is 0.242 e. The van der Waals surface area contributed by atoms with Crippen molar-refractivity contribution in [2.75, 3.05) is 31.9 Å². The first-order valence-corrected chi connectivity index (χ1v) is 11.9. The van der Waals surface area contributed by atoms with Crippen LogP contribution >= 0.6 is 11.8 Å². The molecule has 7 heteroatoms. The summed E-state index contributed by atoms with van der Waals surface area (Å²) in [5.41, 5.74) is 1.04. The first-order valence-electron chi connectivity index (χ1n) is 10.9. The fraction of sp³-hybridized carbons (Fsp3) is 0.565. The molecule has 6 nitrogen and oxygen atoms in total. The molecule has 0 spiro atoms. The Labute approximate surface area is 182 Å². The highest BCUT2D eigenvalue weighted by Gasteiger charge is 2.26. The topological polar surface area (TPSA) is 54.8 Å². The van der Waals surface area contributed by atoms with Crippen LogP contribution < -0.4 is 0 Å². The van der Waals surface area contributed by atoms with Gasteiger partial charge in [0.1, 0.15) is 6.54 Å². The van der Waals surface area contributed by atoms with Crippen molar-refractivity contribution in [1.82, 2.24) is 14.4 Å². The average molecular weight is 430 g/mol. The lowest BCUT2D eigenvalue weighted by Gasteiger charge is -2.35. The number of carbonyl (C=O) groups is 2. The Bertz CT molecular complexity index is 896. The second kappa shape index (κ2) is 9.43. The zero-order valence-electron chi connectivity index (χ0n) is 17.9. The molecule has 2 aliphatic rings. The molecule has 2 aromatic rings. The van der Waals surface area contributed by atoms with Gasteiger partial charge in [-0.2, -0.15) is 0 Å². The van der Waals surface area contributed by atoms with Crippen molar-refractivity contribution in [2.24, 2.45) is 0 Å². The molecule has 0 aliphatic carbocycles. The molecule has 1 aromatic carbocycles. The standard InChI is InChI=1S/C23H31N3O3S/c1-17-12-26(13-18(2)29-17)22(27)15-25-14-21(19-8-4-5-9-20(19)25)30-16-23(28)24-10-6-3-7-11-24/h4-5,8-9,14,17-18H,3,6-7,10-13,15-16H2,1-2H3/t17-,18-/m1/s1. The molecule has 3 heterocycles. The number of benzene rings is 1. The number of nitrogens with zero attached hydrogens (tertiary/aromatic N) is 3. The number of thioether (sulfide) groups is 1. The fourth-order valence-corrected chi connectivity index (χ4v) is 5.45. The molecule has 30 heavy (non-hydrogen) atoms. The van der Waals surface area contributed by atoms with Crippen LogP contribution in [0.5, 0.6) is 0 Å². The van der Waals surface area contributed by atoms with Gasteiger partial charge in [-0.1, -0.05) is 18.2 Å². The maximum absolute atomic E-state index is 13.0. The smallest absolute Gasteiger partial charge is 0.242 e. The summed E-state index contributed by atoms with van der Waals surface area (Å²) in [7, 11) is 0. The number of rotatable bonds is 5. The third-order valence-corrected chi connectivity index (χ3v) is 6.92. The summed E-state index contributed by atoms with van der Waals surface area (Å²) in [6.07, 6.45) is 5.59. The number of carbonyl (C=O) groups excluding carboxylic acids is 2. The van der Waals surface area contributed by atoms with Crippen LogP contribution in [0, 0.1) is 0 Å². The fourth-order valence-electron chi connectivity index (χ4n) is 4.46. The first-order chi connectivity index (χ1) is 14.5. The maximum atomic E-state index is 13.0. The molecule has 2 amide bonds. The monoisotopic (exact) mass is 429 g/mol. The predicted octanol–water partition coefficient (Wildman–Crippen LogP) is 3.38. The third kappa shape index (κ3) is 4.83. The van der Waals surface area contributed by atoms with Gasteiger partial charge in [-0.05, 0) is 39.2 Å². The molecule has 2 saturated heterocycles. The van der Waals surface area contributed by atoms with Crippen LogP contribution in [0.15, 0.2) is 35.4 Å². The summed E-state index contributed by atoms with van der Waals surface area (Å²) in [5, 5.41) is 1.10. The third-order valence-electron chi connectivity index (χ3n) is 5.89. The molecule has 0 radical (unpaired) electrons. The Kier molecular flexibility index (Phi) is 6.68. The Morgan fingerprint density at radius 1 is 1.00 bits per heavy atom. The average Bonchev–Trinajstić information content (AvgIpc) is 3.09. The molecule has 2 fully saturated rings. The number of fused-ring (bicyclic) bond motifs is 1. The van der Waals surface area contributed by atoms with E-state index in [1.54, 1.807) is 11.8 Å². The summed E-state index contributed by atoms with van der Waals surface area (Å²) in [5.74, 6) is 0.767. The van der Waals surface area contributed by atoms with Crippen molar-refractivity contribution in [3.63, 3.8) is 0 Å². The largest absolute Gasteiger partial charge is 0.372 e. The lowest BCUT2D eigenvalue weighted by Crippen LogP contribution is -2.49. The van der Waals surface area contributed by atoms with Crippen LogP contribution in [0.2, 0.25) is 0 Å². The van der Waals surface area contributed by atoms with Gasteiger partial charge in [0, 0.05) is 48.2 Å². The highest BCUT2D eigenvalue weighted by atomic mass is 32.2. The van der Waals surface area contributed by atoms with E-state index in [0.717, 1.165) is 41.7 Å². The molecule has 0 bridgehead atoms. The van der Waals surface area contributed by atoms with E-state index >= 15 is 0 Å². The van der Waals surface area contributed by atoms with Crippen LogP contribution in [0.25, 0.3) is 10.9 Å². The van der Waals surface area contributed by atoms with Gasteiger partial charge >= 0.3 is 0 Å². The molecule has 0 saturated carbocycles. The van der Waals surface area contributed by atoms with Crippen molar-refractivity contribution in [1.29, 1.82) is 0 Å². The summed E-state index contributed by atoms with van der Waals surface area (Å²) in [6.45, 7) is 7.35. The van der Waals surface area contributed by atoms with Gasteiger partial charge in [0.05, 0.1) is 18.0 Å². The molecule has 1 aromatic heterocycles. The van der Waals surface area contributed by atoms with Crippen molar-refractivity contribution >= 4 is 34.5 Å². The number of amides is 2. The number of hydrogen-bond acceptors (Lipinski definition) is 4. The lowest BCUT2D eigenvalue weighted by molar-refractivity contribution is -0.143. The number of piperidine rings is 1. The second-order valence-corrected chi connectivity index (χ2v) is 9.44. The van der Waals surface area contributed by atoms with Crippen LogP contribution in [0.1, 0.15) is 33.1 Å². The predicted molar refractivity (Wildman–Crippen MR) is 120 cm³/mol. The van der Waals surface area contributed by atoms with Crippen molar-refractivity contribution in [2.45, 2.75) is 56.8 Å². The van der Waals surface area contributed by atoms with Crippen LogP contribution in [-0.4, -0.2) is 70.3 Å². The highest BCUT2D eigenvalue weighted by Crippen LogP contribution is 2.30. The minimum atomic E-state index is 0.0611. The number of para-hydroxylation sites is 1. The molecule has 4 rings (SSSR count). The minimum Gasteiger partial charge on any atom is -0.372 e. The second-order valence-electron chi connectivity index (χ2n) is 8.42. The highest BCUT2D eigenvalue weighted by molar-refractivity contribution is 8.00.